The SMILES string of the molecule is COC(O)c1ccc([N+](=O)[O-])c(N[C@@H]2COC[C@]2(C)OC)c1. The first-order valence-electron chi connectivity index (χ1n) is 6.80. The second-order valence-electron chi connectivity index (χ2n) is 5.35. The van der Waals surface area contributed by atoms with Crippen LogP contribution in [-0.4, -0.2) is 49.1 Å². The van der Waals surface area contributed by atoms with Gasteiger partial charge in [0.25, 0.3) is 5.69 Å². The van der Waals surface area contributed by atoms with Crippen LogP contribution in [0.3, 0.4) is 0 Å². The topological polar surface area (TPSA) is 103 Å². The number of ether oxygens (including phenoxy) is 3. The summed E-state index contributed by atoms with van der Waals surface area (Å²) in [5.41, 5.74) is 0.0485. The third-order valence-corrected chi connectivity index (χ3v) is 3.93. The van der Waals surface area contributed by atoms with E-state index < -0.39 is 16.8 Å². The van der Waals surface area contributed by atoms with E-state index in [-0.39, 0.29) is 17.4 Å². The van der Waals surface area contributed by atoms with Gasteiger partial charge in [0.2, 0.25) is 0 Å². The maximum Gasteiger partial charge on any atom is 0.292 e. The maximum absolute atomic E-state index is 11.2. The summed E-state index contributed by atoms with van der Waals surface area (Å²) >= 11 is 0. The number of nitro groups is 1. The number of anilines is 1. The predicted octanol–water partition coefficient (Wildman–Crippen LogP) is 1.45. The van der Waals surface area contributed by atoms with Gasteiger partial charge in [0.1, 0.15) is 11.3 Å². The molecular formula is C14H20N2O6. The Hall–Kier alpha value is -1.74. The average molecular weight is 312 g/mol. The van der Waals surface area contributed by atoms with Gasteiger partial charge in [-0.1, -0.05) is 0 Å². The van der Waals surface area contributed by atoms with Crippen molar-refractivity contribution in [3.8, 4) is 0 Å². The van der Waals surface area contributed by atoms with Crippen molar-refractivity contribution in [1.82, 2.24) is 0 Å². The highest BCUT2D eigenvalue weighted by atomic mass is 16.6. The van der Waals surface area contributed by atoms with Crippen molar-refractivity contribution in [1.29, 1.82) is 0 Å². The summed E-state index contributed by atoms with van der Waals surface area (Å²) in [7, 11) is 2.93. The summed E-state index contributed by atoms with van der Waals surface area (Å²) in [4.78, 5) is 10.7. The largest absolute Gasteiger partial charge is 0.376 e. The van der Waals surface area contributed by atoms with Crippen molar-refractivity contribution in [2.45, 2.75) is 24.9 Å². The Bertz CT molecular complexity index is 552. The van der Waals surface area contributed by atoms with Gasteiger partial charge in [-0.2, -0.15) is 0 Å². The second-order valence-corrected chi connectivity index (χ2v) is 5.35. The number of nitrogens with zero attached hydrogens (tertiary/aromatic N) is 1. The van der Waals surface area contributed by atoms with E-state index in [1.807, 2.05) is 6.92 Å². The van der Waals surface area contributed by atoms with Crippen LogP contribution in [0, 0.1) is 10.1 Å². The Morgan fingerprint density at radius 3 is 2.86 bits per heavy atom. The van der Waals surface area contributed by atoms with E-state index in [9.17, 15) is 15.2 Å². The van der Waals surface area contributed by atoms with Crippen molar-refractivity contribution >= 4 is 11.4 Å². The van der Waals surface area contributed by atoms with E-state index in [4.69, 9.17) is 14.2 Å². The molecule has 0 radical (unpaired) electrons. The smallest absolute Gasteiger partial charge is 0.292 e. The van der Waals surface area contributed by atoms with Gasteiger partial charge in [0.15, 0.2) is 6.29 Å². The number of aliphatic hydroxyl groups is 1. The molecule has 0 aliphatic carbocycles. The predicted molar refractivity (Wildman–Crippen MR) is 78.7 cm³/mol. The van der Waals surface area contributed by atoms with Gasteiger partial charge in [0, 0.05) is 25.8 Å². The van der Waals surface area contributed by atoms with Crippen LogP contribution in [0.25, 0.3) is 0 Å². The van der Waals surface area contributed by atoms with Crippen molar-refractivity contribution in [3.63, 3.8) is 0 Å². The van der Waals surface area contributed by atoms with E-state index in [2.05, 4.69) is 5.32 Å². The molecule has 0 bridgehead atoms. The molecule has 1 saturated heterocycles. The third kappa shape index (κ3) is 3.20. The van der Waals surface area contributed by atoms with Crippen LogP contribution < -0.4 is 5.32 Å². The first-order valence-corrected chi connectivity index (χ1v) is 6.80. The number of methoxy groups -OCH3 is 2. The fourth-order valence-electron chi connectivity index (χ4n) is 2.36. The molecule has 122 valence electrons. The third-order valence-electron chi connectivity index (χ3n) is 3.93. The normalized spacial score (nSPS) is 25.9. The molecule has 3 atom stereocenters. The van der Waals surface area contributed by atoms with Crippen LogP contribution in [0.5, 0.6) is 0 Å². The highest BCUT2D eigenvalue weighted by Crippen LogP contribution is 2.32. The number of nitrogens with one attached hydrogen (secondary N) is 1. The van der Waals surface area contributed by atoms with Crippen LogP contribution in [-0.2, 0) is 14.2 Å². The van der Waals surface area contributed by atoms with Gasteiger partial charge in [-0.15, -0.1) is 0 Å². The van der Waals surface area contributed by atoms with E-state index in [1.165, 1.54) is 25.3 Å². The fraction of sp³-hybridized carbons (Fsp3) is 0.571. The molecule has 1 unspecified atom stereocenters. The molecule has 8 nitrogen and oxygen atoms in total. The molecule has 2 rings (SSSR count). The van der Waals surface area contributed by atoms with Crippen LogP contribution in [0.15, 0.2) is 18.2 Å². The monoisotopic (exact) mass is 312 g/mol. The zero-order valence-electron chi connectivity index (χ0n) is 12.7. The van der Waals surface area contributed by atoms with Crippen LogP contribution >= 0.6 is 0 Å². The maximum atomic E-state index is 11.2. The Balaban J connectivity index is 2.33. The number of rotatable bonds is 6. The lowest BCUT2D eigenvalue weighted by Gasteiger charge is -2.29. The van der Waals surface area contributed by atoms with E-state index in [0.29, 0.717) is 18.8 Å². The van der Waals surface area contributed by atoms with Gasteiger partial charge in [-0.05, 0) is 19.1 Å². The summed E-state index contributed by atoms with van der Waals surface area (Å²) in [5.74, 6) is 0. The quantitative estimate of drug-likeness (QED) is 0.465. The number of nitro benzene ring substituents is 1. The van der Waals surface area contributed by atoms with E-state index >= 15 is 0 Å². The van der Waals surface area contributed by atoms with Crippen molar-refractivity contribution < 1.29 is 24.2 Å². The Morgan fingerprint density at radius 1 is 1.55 bits per heavy atom. The molecule has 0 spiro atoms. The number of hydrogen-bond acceptors (Lipinski definition) is 7. The Labute approximate surface area is 128 Å². The number of aliphatic hydroxyl groups excluding tert-OH is 1. The zero-order chi connectivity index (χ0) is 16.3. The zero-order valence-corrected chi connectivity index (χ0v) is 12.7. The average Bonchev–Trinajstić information content (AvgIpc) is 2.87. The summed E-state index contributed by atoms with van der Waals surface area (Å²) in [5, 5.41) is 24.0. The first kappa shape index (κ1) is 16.6. The summed E-state index contributed by atoms with van der Waals surface area (Å²) < 4.78 is 15.7. The van der Waals surface area contributed by atoms with Gasteiger partial charge >= 0.3 is 0 Å². The number of benzene rings is 1. The van der Waals surface area contributed by atoms with Gasteiger partial charge in [-0.3, -0.25) is 10.1 Å². The molecule has 8 heteroatoms. The molecule has 0 amide bonds. The van der Waals surface area contributed by atoms with Crippen molar-refractivity contribution in [3.05, 3.63) is 33.9 Å². The van der Waals surface area contributed by atoms with Gasteiger partial charge in [0.05, 0.1) is 24.2 Å². The minimum absolute atomic E-state index is 0.0857. The van der Waals surface area contributed by atoms with Crippen LogP contribution in [0.2, 0.25) is 0 Å². The Morgan fingerprint density at radius 2 is 2.27 bits per heavy atom. The van der Waals surface area contributed by atoms with Gasteiger partial charge in [-0.25, -0.2) is 0 Å². The molecular weight excluding hydrogens is 292 g/mol. The first-order chi connectivity index (χ1) is 10.4. The lowest BCUT2D eigenvalue weighted by molar-refractivity contribution is -0.384. The summed E-state index contributed by atoms with van der Waals surface area (Å²) in [6.07, 6.45) is -1.14. The molecule has 1 aromatic rings. The summed E-state index contributed by atoms with van der Waals surface area (Å²) in [6, 6.07) is 4.05. The fourth-order valence-corrected chi connectivity index (χ4v) is 2.36. The molecule has 2 N–H and O–H groups in total. The molecule has 1 aliphatic heterocycles. The molecule has 1 heterocycles. The lowest BCUT2D eigenvalue weighted by Crippen LogP contribution is -2.45. The standard InChI is InChI=1S/C14H20N2O6/c1-14(21-3)8-22-7-12(14)15-10-6-9(13(17)20-2)4-5-11(10)16(18)19/h4-6,12-13,15,17H,7-8H2,1-3H3/t12-,13?,14+/m1/s1. The minimum Gasteiger partial charge on any atom is -0.376 e. The van der Waals surface area contributed by atoms with E-state index in [0.717, 1.165) is 0 Å². The van der Waals surface area contributed by atoms with Gasteiger partial charge < -0.3 is 24.6 Å². The van der Waals surface area contributed by atoms with E-state index in [1.54, 1.807) is 7.11 Å². The number of hydrogen-bond donors (Lipinski definition) is 2. The molecule has 1 fully saturated rings. The van der Waals surface area contributed by atoms with Crippen LogP contribution in [0.4, 0.5) is 11.4 Å². The highest BCUT2D eigenvalue weighted by Gasteiger charge is 2.41. The minimum atomic E-state index is -1.14. The Kier molecular flexibility index (Phi) is 4.97. The lowest BCUT2D eigenvalue weighted by atomic mass is 9.99. The molecule has 22 heavy (non-hydrogen) atoms. The molecule has 0 saturated carbocycles. The molecule has 1 aliphatic rings. The van der Waals surface area contributed by atoms with Crippen molar-refractivity contribution in [2.75, 3.05) is 32.8 Å². The molecule has 1 aromatic carbocycles. The summed E-state index contributed by atoms with van der Waals surface area (Å²) in [6.45, 7) is 2.64. The highest BCUT2D eigenvalue weighted by molar-refractivity contribution is 5.63. The molecule has 0 aromatic heterocycles. The van der Waals surface area contributed by atoms with Crippen LogP contribution in [0.1, 0.15) is 18.8 Å². The van der Waals surface area contributed by atoms with Crippen molar-refractivity contribution in [2.24, 2.45) is 0 Å². The second kappa shape index (κ2) is 6.57.